The van der Waals surface area contributed by atoms with E-state index in [0.717, 1.165) is 6.42 Å². The molecule has 0 aromatic carbocycles. The van der Waals surface area contributed by atoms with Gasteiger partial charge < -0.3 is 14.1 Å². The van der Waals surface area contributed by atoms with Gasteiger partial charge in [-0.2, -0.15) is 0 Å². The van der Waals surface area contributed by atoms with Gasteiger partial charge in [-0.25, -0.2) is 0 Å². The van der Waals surface area contributed by atoms with E-state index in [2.05, 4.69) is 28.6 Å². The van der Waals surface area contributed by atoms with Gasteiger partial charge in [0.25, 0.3) is 0 Å². The summed E-state index contributed by atoms with van der Waals surface area (Å²) in [6.45, 7) is 4.20. The molecule has 124 valence electrons. The average Bonchev–Trinajstić information content (AvgIpc) is 3.26. The fourth-order valence-corrected chi connectivity index (χ4v) is 3.78. The second-order valence-electron chi connectivity index (χ2n) is 5.94. The highest BCUT2D eigenvalue weighted by Crippen LogP contribution is 2.33. The van der Waals surface area contributed by atoms with Gasteiger partial charge in [0.2, 0.25) is 17.7 Å². The number of likely N-dealkylation sites (tertiary alicyclic amines) is 1. The molecule has 0 radical (unpaired) electrons. The van der Waals surface area contributed by atoms with Crippen molar-refractivity contribution in [2.45, 2.75) is 44.8 Å². The molecule has 0 saturated carbocycles. The number of methoxy groups -OCH3 is 1. The summed E-state index contributed by atoms with van der Waals surface area (Å²) in [7, 11) is 1.66. The fourth-order valence-electron chi connectivity index (χ4n) is 2.95. The van der Waals surface area contributed by atoms with Crippen LogP contribution in [0.2, 0.25) is 0 Å². The van der Waals surface area contributed by atoms with E-state index < -0.39 is 0 Å². The van der Waals surface area contributed by atoms with E-state index in [0.29, 0.717) is 24.7 Å². The van der Waals surface area contributed by atoms with Gasteiger partial charge in [0.05, 0.1) is 6.10 Å². The molecule has 1 aliphatic rings. The largest absolute Gasteiger partial charge is 0.423 e. The number of hydrogen-bond acceptors (Lipinski definition) is 6. The third-order valence-electron chi connectivity index (χ3n) is 4.25. The minimum absolute atomic E-state index is 0.000865. The summed E-state index contributed by atoms with van der Waals surface area (Å²) in [5.41, 5.74) is 0. The summed E-state index contributed by atoms with van der Waals surface area (Å²) < 4.78 is 11.3. The molecule has 1 aliphatic heterocycles. The zero-order valence-corrected chi connectivity index (χ0v) is 14.4. The molecular weight excluding hydrogens is 314 g/mol. The Labute approximate surface area is 139 Å². The molecule has 23 heavy (non-hydrogen) atoms. The predicted octanol–water partition coefficient (Wildman–Crippen LogP) is 2.79. The van der Waals surface area contributed by atoms with Crippen LogP contribution in [-0.4, -0.2) is 40.8 Å². The van der Waals surface area contributed by atoms with Crippen molar-refractivity contribution in [3.63, 3.8) is 0 Å². The van der Waals surface area contributed by atoms with Crippen LogP contribution in [0, 0.1) is 0 Å². The van der Waals surface area contributed by atoms with Crippen molar-refractivity contribution < 1.29 is 13.9 Å². The van der Waals surface area contributed by atoms with Gasteiger partial charge in [0.15, 0.2) is 0 Å². The van der Waals surface area contributed by atoms with E-state index in [1.807, 2.05) is 6.07 Å². The summed E-state index contributed by atoms with van der Waals surface area (Å²) in [6.07, 6.45) is 1.58. The van der Waals surface area contributed by atoms with Crippen LogP contribution in [0.5, 0.6) is 0 Å². The van der Waals surface area contributed by atoms with Crippen LogP contribution in [0.15, 0.2) is 21.9 Å². The molecular formula is C16H21N3O3S. The van der Waals surface area contributed by atoms with Crippen molar-refractivity contribution in [3.8, 4) is 0 Å². The monoisotopic (exact) mass is 335 g/mol. The lowest BCUT2D eigenvalue weighted by atomic mass is 10.1. The minimum Gasteiger partial charge on any atom is -0.423 e. The molecule has 1 fully saturated rings. The number of amides is 1. The molecule has 2 aromatic heterocycles. The van der Waals surface area contributed by atoms with Crippen molar-refractivity contribution in [3.05, 3.63) is 34.2 Å². The van der Waals surface area contributed by atoms with Crippen molar-refractivity contribution in [1.29, 1.82) is 0 Å². The molecule has 2 aromatic rings. The molecule has 1 amide bonds. The molecule has 6 nitrogen and oxygen atoms in total. The predicted molar refractivity (Wildman–Crippen MR) is 86.3 cm³/mol. The lowest BCUT2D eigenvalue weighted by molar-refractivity contribution is -0.130. The van der Waals surface area contributed by atoms with Crippen molar-refractivity contribution >= 4 is 17.2 Å². The van der Waals surface area contributed by atoms with Gasteiger partial charge in [-0.05, 0) is 17.9 Å². The molecule has 3 rings (SSSR count). The van der Waals surface area contributed by atoms with E-state index in [-0.39, 0.29) is 24.0 Å². The second-order valence-corrected chi connectivity index (χ2v) is 6.98. The van der Waals surface area contributed by atoms with Gasteiger partial charge in [-0.3, -0.25) is 4.79 Å². The van der Waals surface area contributed by atoms with Gasteiger partial charge in [-0.1, -0.05) is 13.0 Å². The van der Waals surface area contributed by atoms with Gasteiger partial charge in [0.1, 0.15) is 6.04 Å². The molecule has 0 bridgehead atoms. The van der Waals surface area contributed by atoms with Crippen LogP contribution in [0.25, 0.3) is 0 Å². The highest BCUT2D eigenvalue weighted by atomic mass is 32.1. The van der Waals surface area contributed by atoms with Crippen LogP contribution in [-0.2, 0) is 16.0 Å². The van der Waals surface area contributed by atoms with Crippen molar-refractivity contribution in [2.75, 3.05) is 13.7 Å². The maximum atomic E-state index is 11.8. The van der Waals surface area contributed by atoms with Gasteiger partial charge in [0, 0.05) is 37.8 Å². The topological polar surface area (TPSA) is 68.5 Å². The van der Waals surface area contributed by atoms with Crippen molar-refractivity contribution in [2.24, 2.45) is 0 Å². The summed E-state index contributed by atoms with van der Waals surface area (Å²) in [6, 6.07) is 3.96. The maximum Gasteiger partial charge on any atom is 0.239 e. The third kappa shape index (κ3) is 3.45. The Hall–Kier alpha value is -1.73. The highest BCUT2D eigenvalue weighted by Gasteiger charge is 2.38. The average molecular weight is 335 g/mol. The number of thiophene rings is 1. The smallest absolute Gasteiger partial charge is 0.239 e. The van der Waals surface area contributed by atoms with E-state index in [4.69, 9.17) is 9.15 Å². The van der Waals surface area contributed by atoms with Crippen LogP contribution >= 0.6 is 11.3 Å². The molecule has 0 N–H and O–H groups in total. The van der Waals surface area contributed by atoms with E-state index in [1.165, 1.54) is 4.88 Å². The molecule has 1 saturated heterocycles. The Morgan fingerprint density at radius 1 is 1.57 bits per heavy atom. The van der Waals surface area contributed by atoms with Crippen LogP contribution in [0.1, 0.15) is 48.9 Å². The van der Waals surface area contributed by atoms with Crippen LogP contribution in [0.4, 0.5) is 0 Å². The summed E-state index contributed by atoms with van der Waals surface area (Å²) in [4.78, 5) is 14.9. The first kappa shape index (κ1) is 16.1. The summed E-state index contributed by atoms with van der Waals surface area (Å²) >= 11 is 1.73. The van der Waals surface area contributed by atoms with Gasteiger partial charge >= 0.3 is 0 Å². The van der Waals surface area contributed by atoms with E-state index in [9.17, 15) is 4.79 Å². The minimum atomic E-state index is -0.187. The van der Waals surface area contributed by atoms with Crippen molar-refractivity contribution in [1.82, 2.24) is 15.1 Å². The zero-order valence-electron chi connectivity index (χ0n) is 13.6. The Bertz CT molecular complexity index is 655. The fraction of sp³-hybridized carbons (Fsp3) is 0.562. The van der Waals surface area contributed by atoms with Crippen LogP contribution in [0.3, 0.4) is 0 Å². The quantitative estimate of drug-likeness (QED) is 0.840. The molecule has 7 heteroatoms. The molecule has 1 unspecified atom stereocenters. The summed E-state index contributed by atoms with van der Waals surface area (Å²) in [5.74, 6) is 1.28. The summed E-state index contributed by atoms with van der Waals surface area (Å²) in [5, 5.41) is 10.4. The SMILES string of the molecule is CO[C@H]1C[C@H](c2nnc(C(C)Cc3cccs3)o2)N(C(C)=O)C1. The third-order valence-corrected chi connectivity index (χ3v) is 5.15. The first-order valence-electron chi connectivity index (χ1n) is 7.74. The number of nitrogens with zero attached hydrogens (tertiary/aromatic N) is 3. The number of rotatable bonds is 5. The first-order valence-corrected chi connectivity index (χ1v) is 8.62. The number of aromatic nitrogens is 2. The maximum absolute atomic E-state index is 11.8. The zero-order chi connectivity index (χ0) is 16.4. The lowest BCUT2D eigenvalue weighted by Gasteiger charge is -2.19. The number of ether oxygens (including phenoxy) is 1. The highest BCUT2D eigenvalue weighted by molar-refractivity contribution is 7.09. The van der Waals surface area contributed by atoms with Gasteiger partial charge in [-0.15, -0.1) is 21.5 Å². The number of hydrogen-bond donors (Lipinski definition) is 0. The molecule has 0 aliphatic carbocycles. The number of carbonyl (C=O) groups is 1. The van der Waals surface area contributed by atoms with E-state index in [1.54, 1.807) is 30.3 Å². The molecule has 3 heterocycles. The van der Waals surface area contributed by atoms with Crippen LogP contribution < -0.4 is 0 Å². The Morgan fingerprint density at radius 3 is 3.04 bits per heavy atom. The Balaban J connectivity index is 1.74. The number of carbonyl (C=O) groups excluding carboxylic acids is 1. The normalized spacial score (nSPS) is 22.5. The standard InChI is InChI=1S/C16H21N3O3S/c1-10(7-13-5-4-6-23-13)15-17-18-16(22-15)14-8-12(21-3)9-19(14)11(2)20/h4-6,10,12,14H,7-9H2,1-3H3/t10?,12-,14+/m0/s1. The second kappa shape index (κ2) is 6.80. The molecule has 0 spiro atoms. The molecule has 3 atom stereocenters. The Kier molecular flexibility index (Phi) is 4.77. The lowest BCUT2D eigenvalue weighted by Crippen LogP contribution is -2.29. The Morgan fingerprint density at radius 2 is 2.39 bits per heavy atom. The van der Waals surface area contributed by atoms with E-state index >= 15 is 0 Å². The first-order chi connectivity index (χ1) is 11.1.